The Morgan fingerprint density at radius 3 is 2.84 bits per heavy atom. The van der Waals surface area contributed by atoms with E-state index in [-0.39, 0.29) is 10.9 Å². The van der Waals surface area contributed by atoms with E-state index in [1.807, 2.05) is 0 Å². The first kappa shape index (κ1) is 13.1. The molecule has 0 atom stereocenters. The average molecular weight is 276 g/mol. The maximum atomic E-state index is 11.8. The number of hydrogen-bond donors (Lipinski definition) is 3. The van der Waals surface area contributed by atoms with E-state index in [4.69, 9.17) is 18.0 Å². The van der Waals surface area contributed by atoms with E-state index in [0.29, 0.717) is 24.2 Å². The van der Waals surface area contributed by atoms with Crippen LogP contribution < -0.4 is 11.1 Å². The molecule has 0 unspecified atom stereocenters. The summed E-state index contributed by atoms with van der Waals surface area (Å²) in [5, 5.41) is 9.17. The number of aromatic amines is 1. The molecule has 19 heavy (non-hydrogen) atoms. The Morgan fingerprint density at radius 1 is 1.42 bits per heavy atom. The normalized spacial score (nSPS) is 10.1. The largest absolute Gasteiger partial charge is 0.389 e. The van der Waals surface area contributed by atoms with Gasteiger partial charge in [0.05, 0.1) is 0 Å². The lowest BCUT2D eigenvalue weighted by atomic mass is 10.2. The van der Waals surface area contributed by atoms with Gasteiger partial charge in [-0.05, 0) is 12.1 Å². The monoisotopic (exact) mass is 276 g/mol. The van der Waals surface area contributed by atoms with Crippen LogP contribution in [0.2, 0.25) is 0 Å². The van der Waals surface area contributed by atoms with Crippen molar-refractivity contribution in [3.63, 3.8) is 0 Å². The molecule has 7 nitrogen and oxygen atoms in total. The summed E-state index contributed by atoms with van der Waals surface area (Å²) < 4.78 is 0. The summed E-state index contributed by atoms with van der Waals surface area (Å²) in [6.45, 7) is 0.451. The lowest BCUT2D eigenvalue weighted by molar-refractivity contribution is 0.0949. The number of nitrogens with zero attached hydrogens (tertiary/aromatic N) is 3. The maximum Gasteiger partial charge on any atom is 0.269 e. The minimum Gasteiger partial charge on any atom is -0.389 e. The predicted molar refractivity (Wildman–Crippen MR) is 72.5 cm³/mol. The SMILES string of the molecule is NC(=S)c1ccc(C(=O)NCCc2ncn[nH]2)nc1. The summed E-state index contributed by atoms with van der Waals surface area (Å²) in [4.78, 5) is 20.0. The molecule has 0 saturated heterocycles. The molecule has 2 aromatic heterocycles. The summed E-state index contributed by atoms with van der Waals surface area (Å²) >= 11 is 4.81. The van der Waals surface area contributed by atoms with Gasteiger partial charge in [0.15, 0.2) is 0 Å². The molecule has 2 heterocycles. The van der Waals surface area contributed by atoms with Crippen LogP contribution in [0.25, 0.3) is 0 Å². The number of H-pyrrole nitrogens is 1. The van der Waals surface area contributed by atoms with E-state index in [0.717, 1.165) is 5.82 Å². The van der Waals surface area contributed by atoms with Gasteiger partial charge in [0, 0.05) is 24.7 Å². The van der Waals surface area contributed by atoms with Crippen LogP contribution in [0.3, 0.4) is 0 Å². The van der Waals surface area contributed by atoms with Gasteiger partial charge in [-0.2, -0.15) is 5.10 Å². The van der Waals surface area contributed by atoms with Gasteiger partial charge < -0.3 is 11.1 Å². The summed E-state index contributed by atoms with van der Waals surface area (Å²) in [5.41, 5.74) is 6.40. The molecule has 0 saturated carbocycles. The van der Waals surface area contributed by atoms with E-state index in [2.05, 4.69) is 25.5 Å². The molecule has 0 aliphatic rings. The van der Waals surface area contributed by atoms with Gasteiger partial charge in [0.2, 0.25) is 0 Å². The number of pyridine rings is 1. The van der Waals surface area contributed by atoms with Gasteiger partial charge in [-0.15, -0.1) is 0 Å². The first-order valence-electron chi connectivity index (χ1n) is 5.55. The molecular weight excluding hydrogens is 264 g/mol. The maximum absolute atomic E-state index is 11.8. The lowest BCUT2D eigenvalue weighted by Crippen LogP contribution is -2.27. The van der Waals surface area contributed by atoms with Gasteiger partial charge in [0.1, 0.15) is 22.8 Å². The van der Waals surface area contributed by atoms with E-state index >= 15 is 0 Å². The highest BCUT2D eigenvalue weighted by atomic mass is 32.1. The first-order valence-corrected chi connectivity index (χ1v) is 5.96. The van der Waals surface area contributed by atoms with Crippen molar-refractivity contribution in [1.29, 1.82) is 0 Å². The molecule has 0 aliphatic heterocycles. The van der Waals surface area contributed by atoms with Crippen LogP contribution >= 0.6 is 12.2 Å². The fraction of sp³-hybridized carbons (Fsp3) is 0.182. The second-order valence-electron chi connectivity index (χ2n) is 3.73. The van der Waals surface area contributed by atoms with Gasteiger partial charge in [-0.1, -0.05) is 12.2 Å². The van der Waals surface area contributed by atoms with Crippen LogP contribution in [0, 0.1) is 0 Å². The second kappa shape index (κ2) is 6.01. The number of hydrogen-bond acceptors (Lipinski definition) is 5. The van der Waals surface area contributed by atoms with Crippen LogP contribution in [-0.2, 0) is 6.42 Å². The number of amides is 1. The Hall–Kier alpha value is -2.35. The van der Waals surface area contributed by atoms with E-state index in [9.17, 15) is 4.79 Å². The van der Waals surface area contributed by atoms with Crippen LogP contribution in [0.5, 0.6) is 0 Å². The highest BCUT2D eigenvalue weighted by Gasteiger charge is 2.07. The molecule has 98 valence electrons. The molecule has 0 fully saturated rings. The van der Waals surface area contributed by atoms with Crippen molar-refractivity contribution in [3.05, 3.63) is 41.7 Å². The minimum atomic E-state index is -0.256. The van der Waals surface area contributed by atoms with Crippen molar-refractivity contribution in [1.82, 2.24) is 25.5 Å². The first-order chi connectivity index (χ1) is 9.16. The van der Waals surface area contributed by atoms with Crippen molar-refractivity contribution in [2.24, 2.45) is 5.73 Å². The third-order valence-electron chi connectivity index (χ3n) is 2.39. The fourth-order valence-electron chi connectivity index (χ4n) is 1.41. The van der Waals surface area contributed by atoms with E-state index in [1.165, 1.54) is 12.5 Å². The van der Waals surface area contributed by atoms with Crippen LogP contribution in [0.1, 0.15) is 21.9 Å². The van der Waals surface area contributed by atoms with Gasteiger partial charge >= 0.3 is 0 Å². The number of thiocarbonyl (C=S) groups is 1. The Labute approximate surface area is 114 Å². The highest BCUT2D eigenvalue weighted by molar-refractivity contribution is 7.80. The van der Waals surface area contributed by atoms with Crippen molar-refractivity contribution in [2.45, 2.75) is 6.42 Å². The van der Waals surface area contributed by atoms with Crippen LogP contribution in [0.4, 0.5) is 0 Å². The summed E-state index contributed by atoms with van der Waals surface area (Å²) in [6, 6.07) is 3.25. The molecule has 0 bridgehead atoms. The average Bonchev–Trinajstić information content (AvgIpc) is 2.92. The van der Waals surface area contributed by atoms with Gasteiger partial charge in [-0.3, -0.25) is 14.9 Å². The number of nitrogens with one attached hydrogen (secondary N) is 2. The van der Waals surface area contributed by atoms with E-state index < -0.39 is 0 Å². The third-order valence-corrected chi connectivity index (χ3v) is 2.63. The number of nitrogens with two attached hydrogens (primary N) is 1. The molecular formula is C11H12N6OS. The second-order valence-corrected chi connectivity index (χ2v) is 4.17. The molecule has 2 rings (SSSR count). The Bertz CT molecular complexity index is 565. The molecule has 0 aromatic carbocycles. The van der Waals surface area contributed by atoms with Crippen molar-refractivity contribution >= 4 is 23.1 Å². The summed E-state index contributed by atoms with van der Waals surface area (Å²) in [7, 11) is 0. The van der Waals surface area contributed by atoms with Crippen LogP contribution in [-0.4, -0.2) is 37.6 Å². The molecule has 0 radical (unpaired) electrons. The van der Waals surface area contributed by atoms with E-state index in [1.54, 1.807) is 12.1 Å². The zero-order valence-electron chi connectivity index (χ0n) is 9.96. The van der Waals surface area contributed by atoms with Crippen LogP contribution in [0.15, 0.2) is 24.7 Å². The smallest absolute Gasteiger partial charge is 0.269 e. The molecule has 8 heteroatoms. The Kier molecular flexibility index (Phi) is 4.14. The zero-order chi connectivity index (χ0) is 13.7. The van der Waals surface area contributed by atoms with Crippen molar-refractivity contribution in [2.75, 3.05) is 6.54 Å². The molecule has 4 N–H and O–H groups in total. The molecule has 0 aliphatic carbocycles. The van der Waals surface area contributed by atoms with Crippen molar-refractivity contribution < 1.29 is 4.79 Å². The van der Waals surface area contributed by atoms with Gasteiger partial charge in [0.25, 0.3) is 5.91 Å². The number of rotatable bonds is 5. The molecule has 2 aromatic rings. The summed E-state index contributed by atoms with van der Waals surface area (Å²) in [5.74, 6) is 0.464. The topological polar surface area (TPSA) is 110 Å². The number of aromatic nitrogens is 4. The number of carbonyl (C=O) groups excluding carboxylic acids is 1. The zero-order valence-corrected chi connectivity index (χ0v) is 10.8. The van der Waals surface area contributed by atoms with Gasteiger partial charge in [-0.25, -0.2) is 4.98 Å². The molecule has 0 spiro atoms. The fourth-order valence-corrected chi connectivity index (χ4v) is 1.53. The quantitative estimate of drug-likeness (QED) is 0.653. The summed E-state index contributed by atoms with van der Waals surface area (Å²) in [6.07, 6.45) is 3.48. The van der Waals surface area contributed by atoms with Crippen molar-refractivity contribution in [3.8, 4) is 0 Å². The number of carbonyl (C=O) groups is 1. The Morgan fingerprint density at radius 2 is 2.26 bits per heavy atom. The molecule has 1 amide bonds. The standard InChI is InChI=1S/C11H12N6OS/c12-10(19)7-1-2-8(14-5-7)11(18)13-4-3-9-15-6-16-17-9/h1-2,5-6H,3-4H2,(H2,12,19)(H,13,18)(H,15,16,17). The lowest BCUT2D eigenvalue weighted by Gasteiger charge is -2.04. The minimum absolute atomic E-state index is 0.254. The predicted octanol–water partition coefficient (Wildman–Crippen LogP) is -0.194. The third kappa shape index (κ3) is 3.55. The highest BCUT2D eigenvalue weighted by Crippen LogP contribution is 2.00. The Balaban J connectivity index is 1.87.